The number of benzene rings is 1. The van der Waals surface area contributed by atoms with E-state index in [9.17, 15) is 0 Å². The maximum absolute atomic E-state index is 5.53. The molecular formula is C24H27N7O. The molecule has 8 heteroatoms. The molecule has 4 rings (SSSR count). The van der Waals surface area contributed by atoms with Crippen LogP contribution in [-0.4, -0.2) is 59.0 Å². The predicted octanol–water partition coefficient (Wildman–Crippen LogP) is 3.78. The third-order valence-corrected chi connectivity index (χ3v) is 5.16. The van der Waals surface area contributed by atoms with Crippen LogP contribution < -0.4 is 9.64 Å². The second kappa shape index (κ2) is 9.91. The van der Waals surface area contributed by atoms with Crippen LogP contribution in [0, 0.1) is 6.92 Å². The molecule has 164 valence electrons. The number of aryl methyl sites for hydroxylation is 1. The quantitative estimate of drug-likeness (QED) is 0.441. The van der Waals surface area contributed by atoms with Gasteiger partial charge in [0.05, 0.1) is 12.8 Å². The van der Waals surface area contributed by atoms with E-state index in [-0.39, 0.29) is 0 Å². The van der Waals surface area contributed by atoms with Crippen molar-refractivity contribution >= 4 is 24.3 Å². The van der Waals surface area contributed by atoms with E-state index in [0.717, 1.165) is 30.8 Å². The highest BCUT2D eigenvalue weighted by Crippen LogP contribution is 2.23. The molecule has 0 radical (unpaired) electrons. The third kappa shape index (κ3) is 5.03. The fourth-order valence-corrected chi connectivity index (χ4v) is 3.57. The van der Waals surface area contributed by atoms with E-state index < -0.39 is 0 Å². The van der Waals surface area contributed by atoms with Crippen LogP contribution >= 0.6 is 0 Å². The van der Waals surface area contributed by atoms with E-state index in [2.05, 4.69) is 55.9 Å². The van der Waals surface area contributed by atoms with Crippen LogP contribution in [0.3, 0.4) is 0 Å². The summed E-state index contributed by atoms with van der Waals surface area (Å²) in [6.45, 7) is 8.22. The van der Waals surface area contributed by atoms with Crippen molar-refractivity contribution < 1.29 is 4.74 Å². The smallest absolute Gasteiger partial charge is 0.180 e. The normalized spacial score (nSPS) is 14.8. The number of rotatable bonds is 6. The maximum Gasteiger partial charge on any atom is 0.180 e. The lowest BCUT2D eigenvalue weighted by Crippen LogP contribution is -2.42. The number of aromatic nitrogens is 3. The van der Waals surface area contributed by atoms with Crippen LogP contribution in [0.4, 0.5) is 5.69 Å². The van der Waals surface area contributed by atoms with Gasteiger partial charge in [-0.2, -0.15) is 5.10 Å². The molecule has 1 aromatic carbocycles. The highest BCUT2D eigenvalue weighted by molar-refractivity contribution is 5.99. The van der Waals surface area contributed by atoms with Crippen molar-refractivity contribution in [3.63, 3.8) is 0 Å². The molecule has 3 aromatic rings. The Kier molecular flexibility index (Phi) is 6.60. The van der Waals surface area contributed by atoms with E-state index >= 15 is 0 Å². The van der Waals surface area contributed by atoms with Gasteiger partial charge in [-0.05, 0) is 56.0 Å². The number of anilines is 1. The molecule has 1 saturated heterocycles. The van der Waals surface area contributed by atoms with Crippen molar-refractivity contribution in [3.8, 4) is 11.6 Å². The first-order valence-electron chi connectivity index (χ1n) is 10.5. The standard InChI is InChI=1S/C24H27N7O/c1-19-16-30(17-27-19)24-22(32-3)14-20(15-26-24)10-11-23(25-2)28-31-13-7-12-29(18-31)21-8-5-4-6-9-21/h4-6,8-11,14-17H,2,7,12-13,18H2,1,3H3/b11-10+,28-23-. The molecule has 0 saturated carbocycles. The average Bonchev–Trinajstić information content (AvgIpc) is 3.28. The number of methoxy groups -OCH3 is 1. The zero-order valence-corrected chi connectivity index (χ0v) is 18.4. The van der Waals surface area contributed by atoms with Crippen LogP contribution in [0.1, 0.15) is 17.7 Å². The number of imidazole rings is 1. The van der Waals surface area contributed by atoms with Gasteiger partial charge in [0, 0.05) is 31.2 Å². The molecule has 1 aliphatic rings. The Morgan fingerprint density at radius 3 is 2.75 bits per heavy atom. The number of ether oxygens (including phenoxy) is 1. The summed E-state index contributed by atoms with van der Waals surface area (Å²) in [6.07, 6.45) is 10.2. The molecule has 0 unspecified atom stereocenters. The molecular weight excluding hydrogens is 402 g/mol. The minimum Gasteiger partial charge on any atom is -0.493 e. The Morgan fingerprint density at radius 2 is 2.03 bits per heavy atom. The Balaban J connectivity index is 1.48. The van der Waals surface area contributed by atoms with Gasteiger partial charge in [0.1, 0.15) is 13.0 Å². The van der Waals surface area contributed by atoms with Crippen molar-refractivity contribution in [2.45, 2.75) is 13.3 Å². The van der Waals surface area contributed by atoms with E-state index in [1.54, 1.807) is 19.6 Å². The minimum absolute atomic E-state index is 0.549. The van der Waals surface area contributed by atoms with Gasteiger partial charge in [-0.3, -0.25) is 9.58 Å². The van der Waals surface area contributed by atoms with Gasteiger partial charge >= 0.3 is 0 Å². The van der Waals surface area contributed by atoms with Gasteiger partial charge in [0.15, 0.2) is 17.4 Å². The zero-order chi connectivity index (χ0) is 22.3. The molecule has 8 nitrogen and oxygen atoms in total. The molecule has 32 heavy (non-hydrogen) atoms. The average molecular weight is 430 g/mol. The Labute approximate surface area is 188 Å². The molecule has 2 aromatic heterocycles. The van der Waals surface area contributed by atoms with Gasteiger partial charge in [0.2, 0.25) is 0 Å². The summed E-state index contributed by atoms with van der Waals surface area (Å²) in [5, 5.41) is 6.71. The Bertz CT molecular complexity index is 1120. The van der Waals surface area contributed by atoms with Gasteiger partial charge in [-0.25, -0.2) is 15.0 Å². The molecule has 0 amide bonds. The van der Waals surface area contributed by atoms with Crippen LogP contribution in [0.2, 0.25) is 0 Å². The summed E-state index contributed by atoms with van der Waals surface area (Å²) in [5.41, 5.74) is 2.99. The van der Waals surface area contributed by atoms with Gasteiger partial charge in [-0.15, -0.1) is 0 Å². The lowest BCUT2D eigenvalue weighted by atomic mass is 10.2. The van der Waals surface area contributed by atoms with Gasteiger partial charge < -0.3 is 9.64 Å². The van der Waals surface area contributed by atoms with Crippen molar-refractivity contribution in [1.82, 2.24) is 19.5 Å². The van der Waals surface area contributed by atoms with Crippen LogP contribution in [-0.2, 0) is 0 Å². The molecule has 0 aliphatic carbocycles. The Morgan fingerprint density at radius 1 is 1.19 bits per heavy atom. The molecule has 1 aliphatic heterocycles. The second-order valence-electron chi connectivity index (χ2n) is 7.49. The van der Waals surface area contributed by atoms with Crippen LogP contribution in [0.15, 0.2) is 71.3 Å². The highest BCUT2D eigenvalue weighted by Gasteiger charge is 2.16. The number of hydrogen-bond donors (Lipinski definition) is 0. The zero-order valence-electron chi connectivity index (χ0n) is 18.4. The molecule has 1 fully saturated rings. The molecule has 3 heterocycles. The maximum atomic E-state index is 5.53. The Hall–Kier alpha value is -3.94. The van der Waals surface area contributed by atoms with Gasteiger partial charge in [0.25, 0.3) is 0 Å². The fourth-order valence-electron chi connectivity index (χ4n) is 3.57. The predicted molar refractivity (Wildman–Crippen MR) is 129 cm³/mol. The lowest BCUT2D eigenvalue weighted by molar-refractivity contribution is 0.252. The van der Waals surface area contributed by atoms with Crippen molar-refractivity contribution in [2.75, 3.05) is 31.8 Å². The lowest BCUT2D eigenvalue weighted by Gasteiger charge is -2.35. The SMILES string of the molecule is C=NC(/C=C/c1cnc(-n2cnc(C)c2)c(OC)c1)=N\N1CCCN(c2ccccc2)C1. The highest BCUT2D eigenvalue weighted by atomic mass is 16.5. The summed E-state index contributed by atoms with van der Waals surface area (Å²) in [5.74, 6) is 1.90. The fraction of sp³-hybridized carbons (Fsp3) is 0.250. The van der Waals surface area contributed by atoms with Crippen LogP contribution in [0.25, 0.3) is 11.9 Å². The largest absolute Gasteiger partial charge is 0.493 e. The van der Waals surface area contributed by atoms with Crippen molar-refractivity contribution in [1.29, 1.82) is 0 Å². The first-order chi connectivity index (χ1) is 15.7. The van der Waals surface area contributed by atoms with Crippen molar-refractivity contribution in [2.24, 2.45) is 10.1 Å². The molecule has 0 spiro atoms. The topological polar surface area (TPSA) is 71.1 Å². The number of para-hydroxylation sites is 1. The molecule has 0 N–H and O–H groups in total. The number of amidine groups is 1. The number of nitrogens with zero attached hydrogens (tertiary/aromatic N) is 7. The van der Waals surface area contributed by atoms with Gasteiger partial charge in [-0.1, -0.05) is 18.2 Å². The van der Waals surface area contributed by atoms with E-state index in [0.29, 0.717) is 24.1 Å². The van der Waals surface area contributed by atoms with Crippen LogP contribution in [0.5, 0.6) is 5.75 Å². The van der Waals surface area contributed by atoms with E-state index in [1.165, 1.54) is 5.69 Å². The van der Waals surface area contributed by atoms with E-state index in [1.807, 2.05) is 47.0 Å². The number of aliphatic imine (C=N–C) groups is 1. The monoisotopic (exact) mass is 429 g/mol. The number of pyridine rings is 1. The first-order valence-corrected chi connectivity index (χ1v) is 10.5. The number of hydrazone groups is 1. The summed E-state index contributed by atoms with van der Waals surface area (Å²) >= 11 is 0. The second-order valence-corrected chi connectivity index (χ2v) is 7.49. The minimum atomic E-state index is 0.549. The molecule has 0 bridgehead atoms. The van der Waals surface area contributed by atoms with E-state index in [4.69, 9.17) is 4.74 Å². The number of hydrogen-bond acceptors (Lipinski definition) is 6. The molecule has 0 atom stereocenters. The summed E-state index contributed by atoms with van der Waals surface area (Å²) in [4.78, 5) is 15.2. The summed E-state index contributed by atoms with van der Waals surface area (Å²) in [6, 6.07) is 12.3. The third-order valence-electron chi connectivity index (χ3n) is 5.16. The summed E-state index contributed by atoms with van der Waals surface area (Å²) < 4.78 is 7.38. The van der Waals surface area contributed by atoms with Crippen molar-refractivity contribution in [3.05, 3.63) is 72.5 Å². The first kappa shape index (κ1) is 21.3. The summed E-state index contributed by atoms with van der Waals surface area (Å²) in [7, 11) is 1.63.